The molecule has 2 N–H and O–H groups in total. The van der Waals surface area contributed by atoms with Crippen LogP contribution in [0.25, 0.3) is 65.6 Å². The Hall–Kier alpha value is -8.07. The number of hydrogen-bond donors (Lipinski definition) is 2. The largest absolute Gasteiger partial charge is 0.569 e. The van der Waals surface area contributed by atoms with Gasteiger partial charge in [0.1, 0.15) is 37.0 Å². The van der Waals surface area contributed by atoms with E-state index in [-0.39, 0.29) is 24.4 Å². The molecule has 4 saturated heterocycles. The summed E-state index contributed by atoms with van der Waals surface area (Å²) in [6.45, 7) is 5.47. The van der Waals surface area contributed by atoms with Crippen molar-refractivity contribution in [1.29, 1.82) is 0 Å². The number of rotatable bonds is 16. The topological polar surface area (TPSA) is 261 Å². The molecule has 4 atom stereocenters. The predicted molar refractivity (Wildman–Crippen MR) is 361 cm³/mol. The standard InChI is InChI=1S/2C18H16ClN3O2.C12H13ClN4O.C12H12ClN3O2.C6H5BClO2/c19-13-5-3-12(4-6-13)17-16-10-20-8-7-15(16)18(22-21-17)24-11-14-2-1-9-23-14;19-13-5-3-12(4-6-13)17-15-7-8-20-10-16(15)18(22-21-17)24-11-14-2-1-9-23-14;13-11-9-3-4-14-7-10(9)12(17-16-11)15-6-8-2-1-5-18-8;13-11-10-6-14-4-3-9(10)12(16-15-11)18-7-8-2-1-5-17-8;8-5-1-3-6(4-2-5)10-7-9/h2*3-8,10,14H,1-2,9,11H2;3-4,7-8H,1-2,5-6H2,(H,15,17);3-4,6,8H,1-2,5,7H2;1-4,9H/t2*14-;2*8-;/m1111./s1. The van der Waals surface area contributed by atoms with Crippen LogP contribution in [0.5, 0.6) is 23.4 Å². The summed E-state index contributed by atoms with van der Waals surface area (Å²) in [5, 5.41) is 54.2. The molecule has 8 aromatic heterocycles. The van der Waals surface area contributed by atoms with Crippen molar-refractivity contribution in [3.05, 3.63) is 172 Å². The number of hydrogen-bond acceptors (Lipinski definition) is 22. The highest BCUT2D eigenvalue weighted by atomic mass is 35.5. The second kappa shape index (κ2) is 34.4. The van der Waals surface area contributed by atoms with Crippen LogP contribution in [0.1, 0.15) is 51.4 Å². The molecule has 4 fully saturated rings. The first-order valence-corrected chi connectivity index (χ1v) is 32.2. The quantitative estimate of drug-likeness (QED) is 0.0852. The predicted octanol–water partition coefficient (Wildman–Crippen LogP) is 13.6. The monoisotopic (exact) mass is 1370 g/mol. The average molecular weight is 1370 g/mol. The van der Waals surface area contributed by atoms with Gasteiger partial charge in [0.15, 0.2) is 16.1 Å². The fourth-order valence-electron chi connectivity index (χ4n) is 10.4. The fraction of sp³-hybridized carbons (Fsp3) is 0.303. The minimum Gasteiger partial charge on any atom is -0.537 e. The van der Waals surface area contributed by atoms with Crippen LogP contribution in [0, 0.1) is 0 Å². The summed E-state index contributed by atoms with van der Waals surface area (Å²) in [7, 11) is 0.628. The lowest BCUT2D eigenvalue weighted by atomic mass is 10.1. The lowest BCUT2D eigenvalue weighted by Gasteiger charge is -2.13. The number of halogens is 5. The molecule has 0 aliphatic carbocycles. The SMILES string of the molecule is Clc1ccc(-c2nnc(OC[C@H]3CCCO3)c3ccncc23)cc1.Clc1ccc(-c2nnc(OC[C@H]3CCCO3)c3cnccc23)cc1.Clc1nnc(NC[C@H]2CCCO2)c2cnccc12.Clc1nnc(OC[C@H]2CCCO2)c2ccncc12.O[B]Oc1ccc(Cl)cc1. The summed E-state index contributed by atoms with van der Waals surface area (Å²) < 4.78 is 44.3. The van der Waals surface area contributed by atoms with Crippen LogP contribution in [0.15, 0.2) is 147 Å². The van der Waals surface area contributed by atoms with E-state index in [9.17, 15) is 0 Å². The van der Waals surface area contributed by atoms with E-state index in [1.165, 1.54) is 0 Å². The Morgan fingerprint density at radius 3 is 1.30 bits per heavy atom. The van der Waals surface area contributed by atoms with Crippen LogP contribution in [-0.2, 0) is 18.9 Å². The zero-order chi connectivity index (χ0) is 64.9. The van der Waals surface area contributed by atoms with Gasteiger partial charge in [-0.05, 0) is 124 Å². The number of ether oxygens (including phenoxy) is 7. The van der Waals surface area contributed by atoms with Gasteiger partial charge in [-0.1, -0.05) is 82.3 Å². The van der Waals surface area contributed by atoms with Crippen molar-refractivity contribution in [2.45, 2.75) is 75.8 Å². The van der Waals surface area contributed by atoms with E-state index in [0.717, 1.165) is 150 Å². The number of fused-ring (bicyclic) bond motifs is 4. The second-order valence-corrected chi connectivity index (χ2v) is 23.6. The number of aromatic nitrogens is 12. The average Bonchev–Trinajstić information content (AvgIpc) is 1.53. The Morgan fingerprint density at radius 1 is 0.404 bits per heavy atom. The molecule has 4 aliphatic heterocycles. The van der Waals surface area contributed by atoms with Crippen molar-refractivity contribution in [2.24, 2.45) is 0 Å². The molecule has 0 spiro atoms. The van der Waals surface area contributed by atoms with E-state index in [0.29, 0.717) is 82.1 Å². The molecule has 4 aliphatic rings. The Kier molecular flexibility index (Phi) is 24.6. The van der Waals surface area contributed by atoms with Crippen LogP contribution in [0.4, 0.5) is 5.82 Å². The van der Waals surface area contributed by atoms with Crippen LogP contribution in [0.3, 0.4) is 0 Å². The van der Waals surface area contributed by atoms with Crippen LogP contribution in [-0.4, -0.2) is 151 Å². The number of nitrogens with zero attached hydrogens (tertiary/aromatic N) is 12. The molecular weight excluding hydrogens is 1310 g/mol. The van der Waals surface area contributed by atoms with Crippen molar-refractivity contribution in [2.75, 3.05) is 58.1 Å². The minimum atomic E-state index is 0.134. The van der Waals surface area contributed by atoms with Gasteiger partial charge >= 0.3 is 7.69 Å². The highest BCUT2D eigenvalue weighted by Gasteiger charge is 2.22. The van der Waals surface area contributed by atoms with Gasteiger partial charge in [0.2, 0.25) is 17.6 Å². The van der Waals surface area contributed by atoms with Crippen LogP contribution < -0.4 is 24.2 Å². The number of nitrogens with one attached hydrogen (secondary N) is 1. The molecule has 483 valence electrons. The second-order valence-electron chi connectivity index (χ2n) is 21.6. The van der Waals surface area contributed by atoms with E-state index in [2.05, 4.69) is 70.7 Å². The zero-order valence-electron chi connectivity index (χ0n) is 50.5. The van der Waals surface area contributed by atoms with Crippen molar-refractivity contribution in [3.8, 4) is 45.9 Å². The van der Waals surface area contributed by atoms with Crippen molar-refractivity contribution in [3.63, 3.8) is 0 Å². The fourth-order valence-corrected chi connectivity index (χ4v) is 11.1. The molecule has 15 rings (SSSR count). The molecule has 0 saturated carbocycles. The summed E-state index contributed by atoms with van der Waals surface area (Å²) >= 11 is 29.5. The molecule has 0 unspecified atom stereocenters. The van der Waals surface area contributed by atoms with Gasteiger partial charge in [-0.3, -0.25) is 19.9 Å². The first-order valence-electron chi connectivity index (χ1n) is 30.3. The van der Waals surface area contributed by atoms with E-state index in [1.807, 2.05) is 72.8 Å². The van der Waals surface area contributed by atoms with Gasteiger partial charge in [0, 0.05) is 136 Å². The van der Waals surface area contributed by atoms with Crippen molar-refractivity contribution >= 4 is 115 Å². The summed E-state index contributed by atoms with van der Waals surface area (Å²) in [6.07, 6.45) is 23.0. The van der Waals surface area contributed by atoms with Gasteiger partial charge < -0.3 is 48.2 Å². The van der Waals surface area contributed by atoms with Crippen molar-refractivity contribution < 1.29 is 42.8 Å². The lowest BCUT2D eigenvalue weighted by molar-refractivity contribution is 0.0666. The summed E-state index contributed by atoms with van der Waals surface area (Å²) in [4.78, 5) is 16.5. The first-order chi connectivity index (χ1) is 46.1. The molecule has 3 aromatic carbocycles. The van der Waals surface area contributed by atoms with Gasteiger partial charge in [0.25, 0.3) is 0 Å². The molecule has 11 aromatic rings. The lowest BCUT2D eigenvalue weighted by Crippen LogP contribution is -2.19. The number of benzene rings is 3. The minimum absolute atomic E-state index is 0.134. The molecule has 94 heavy (non-hydrogen) atoms. The Morgan fingerprint density at radius 2 is 0.798 bits per heavy atom. The smallest absolute Gasteiger partial charge is 0.537 e. The van der Waals surface area contributed by atoms with E-state index < -0.39 is 0 Å². The van der Waals surface area contributed by atoms with Gasteiger partial charge in [-0.25, -0.2) is 0 Å². The molecular formula is C66H62BCl5N13O9. The van der Waals surface area contributed by atoms with Crippen molar-refractivity contribution in [1.82, 2.24) is 60.7 Å². The van der Waals surface area contributed by atoms with E-state index in [4.69, 9.17) is 96.2 Å². The zero-order valence-corrected chi connectivity index (χ0v) is 54.3. The normalized spacial score (nSPS) is 17.2. The number of pyridine rings is 4. The third-order valence-corrected chi connectivity index (χ3v) is 16.5. The maximum Gasteiger partial charge on any atom is 0.569 e. The van der Waals surface area contributed by atoms with Gasteiger partial charge in [-0.2, -0.15) is 0 Å². The highest BCUT2D eigenvalue weighted by molar-refractivity contribution is 6.35. The Bertz CT molecular complexity index is 3980. The first kappa shape index (κ1) is 67.4. The third-order valence-electron chi connectivity index (χ3n) is 15.2. The summed E-state index contributed by atoms with van der Waals surface area (Å²) in [5.74, 6) is 2.75. The Balaban J connectivity index is 0.000000123. The third kappa shape index (κ3) is 18.4. The highest BCUT2D eigenvalue weighted by Crippen LogP contribution is 2.34. The molecule has 12 heterocycles. The van der Waals surface area contributed by atoms with Gasteiger partial charge in [-0.15, -0.1) is 40.8 Å². The van der Waals surface area contributed by atoms with Gasteiger partial charge in [0.05, 0.1) is 40.6 Å². The number of anilines is 1. The van der Waals surface area contributed by atoms with E-state index in [1.54, 1.807) is 73.8 Å². The maximum atomic E-state index is 8.21. The Labute approximate surface area is 566 Å². The summed E-state index contributed by atoms with van der Waals surface area (Å²) in [5.41, 5.74) is 3.44. The molecule has 0 amide bonds. The van der Waals surface area contributed by atoms with E-state index >= 15 is 0 Å². The molecule has 1 radical (unpaired) electrons. The maximum absolute atomic E-state index is 8.21. The molecule has 28 heteroatoms. The van der Waals surface area contributed by atoms with Crippen LogP contribution in [0.2, 0.25) is 25.4 Å². The molecule has 0 bridgehead atoms. The molecule has 22 nitrogen and oxygen atoms in total. The summed E-state index contributed by atoms with van der Waals surface area (Å²) in [6, 6.07) is 29.2. The van der Waals surface area contributed by atoms with Crippen LogP contribution >= 0.6 is 58.0 Å².